The monoisotopic (exact) mass is 666 g/mol. The fourth-order valence-electron chi connectivity index (χ4n) is 7.87. The Hall–Kier alpha value is -5.32. The molecule has 2 N–H and O–H groups in total. The average Bonchev–Trinajstić information content (AvgIpc) is 3.91. The molecular weight excluding hydrogens is 621 g/mol. The standard InChI is InChI=1S/C40H46N10/c1-5-13-37-33(9-1)43-21-17-41-18-22-44-31-49(39-15-7-3-11-35(39)44)27-28-50-32-46(36-12-4-8-16-40(36)50)24-20-42-19-23-45-30-48(26-25-47(37)29-43)38-14-6-2-10-34(38)45/h1-16,29-32,41-42H,17-28H2/q+4. The van der Waals surface area contributed by atoms with Crippen LogP contribution in [-0.2, 0) is 52.4 Å². The summed E-state index contributed by atoms with van der Waals surface area (Å²) in [5.74, 6) is 0. The zero-order valence-electron chi connectivity index (χ0n) is 28.6. The van der Waals surface area contributed by atoms with Gasteiger partial charge in [-0.1, -0.05) is 48.5 Å². The molecule has 8 aromatic rings. The molecule has 10 heteroatoms. The molecule has 0 radical (unpaired) electrons. The van der Waals surface area contributed by atoms with Crippen LogP contribution in [0.25, 0.3) is 44.1 Å². The number of hydrogen-bond donors (Lipinski definition) is 2. The van der Waals surface area contributed by atoms with Gasteiger partial charge in [0.15, 0.2) is 44.1 Å². The van der Waals surface area contributed by atoms with Crippen molar-refractivity contribution in [3.05, 3.63) is 122 Å². The molecule has 0 spiro atoms. The molecule has 0 saturated heterocycles. The zero-order chi connectivity index (χ0) is 33.3. The van der Waals surface area contributed by atoms with Gasteiger partial charge in [-0.05, 0) is 48.5 Å². The fourth-order valence-corrected chi connectivity index (χ4v) is 7.87. The average molecular weight is 667 g/mol. The van der Waals surface area contributed by atoms with Gasteiger partial charge in [0.1, 0.15) is 52.4 Å². The summed E-state index contributed by atoms with van der Waals surface area (Å²) in [7, 11) is 0. The van der Waals surface area contributed by atoms with Crippen molar-refractivity contribution >= 4 is 44.1 Å². The molecule has 10 nitrogen and oxygen atoms in total. The van der Waals surface area contributed by atoms with E-state index in [0.717, 1.165) is 78.5 Å². The molecular formula is C40H46N10+4. The topological polar surface area (TPSA) is 59.3 Å². The van der Waals surface area contributed by atoms with Gasteiger partial charge in [-0.25, -0.2) is 36.5 Å². The highest BCUT2D eigenvalue weighted by atomic mass is 15.2. The van der Waals surface area contributed by atoms with Gasteiger partial charge in [-0.15, -0.1) is 0 Å². The van der Waals surface area contributed by atoms with Gasteiger partial charge >= 0.3 is 0 Å². The van der Waals surface area contributed by atoms with Crippen molar-refractivity contribution in [2.45, 2.75) is 52.4 Å². The summed E-state index contributed by atoms with van der Waals surface area (Å²) >= 11 is 0. The molecule has 5 heterocycles. The maximum atomic E-state index is 3.74. The summed E-state index contributed by atoms with van der Waals surface area (Å²) in [5.41, 5.74) is 10.2. The number of aromatic nitrogens is 8. The smallest absolute Gasteiger partial charge is 0.244 e. The zero-order valence-corrected chi connectivity index (χ0v) is 28.6. The number of fused-ring (bicyclic) bond motifs is 20. The van der Waals surface area contributed by atoms with Gasteiger partial charge in [0, 0.05) is 26.2 Å². The van der Waals surface area contributed by atoms with Crippen molar-refractivity contribution < 1.29 is 18.3 Å². The van der Waals surface area contributed by atoms with Gasteiger partial charge in [-0.2, -0.15) is 0 Å². The van der Waals surface area contributed by atoms with Crippen molar-refractivity contribution in [2.75, 3.05) is 26.2 Å². The summed E-state index contributed by atoms with van der Waals surface area (Å²) < 4.78 is 19.3. The predicted octanol–water partition coefficient (Wildman–Crippen LogP) is 2.95. The van der Waals surface area contributed by atoms with E-state index in [4.69, 9.17) is 0 Å². The van der Waals surface area contributed by atoms with Crippen LogP contribution in [-0.4, -0.2) is 44.4 Å². The van der Waals surface area contributed by atoms with Crippen LogP contribution in [0.3, 0.4) is 0 Å². The van der Waals surface area contributed by atoms with E-state index in [2.05, 4.69) is 170 Å². The summed E-state index contributed by atoms with van der Waals surface area (Å²) in [6.07, 6.45) is 9.21. The third kappa shape index (κ3) is 5.84. The molecule has 0 unspecified atom stereocenters. The Morgan fingerprint density at radius 3 is 0.840 bits per heavy atom. The van der Waals surface area contributed by atoms with Gasteiger partial charge in [-0.3, -0.25) is 0 Å². The lowest BCUT2D eigenvalue weighted by molar-refractivity contribution is -0.674. The third-order valence-corrected chi connectivity index (χ3v) is 10.4. The second-order valence-electron chi connectivity index (χ2n) is 13.5. The fraction of sp³-hybridized carbons (Fsp3) is 0.300. The Morgan fingerprint density at radius 2 is 0.580 bits per heavy atom. The molecule has 4 aromatic carbocycles. The van der Waals surface area contributed by atoms with Gasteiger partial charge < -0.3 is 10.6 Å². The third-order valence-electron chi connectivity index (χ3n) is 10.4. The summed E-state index contributed by atoms with van der Waals surface area (Å²) in [5, 5.41) is 7.47. The van der Waals surface area contributed by atoms with E-state index in [1.807, 2.05) is 0 Å². The Labute approximate surface area is 291 Å². The van der Waals surface area contributed by atoms with E-state index >= 15 is 0 Å². The summed E-state index contributed by atoms with van der Waals surface area (Å²) in [6, 6.07) is 35.2. The molecule has 252 valence electrons. The molecule has 0 amide bonds. The number of nitrogens with zero attached hydrogens (tertiary/aromatic N) is 8. The van der Waals surface area contributed by atoms with Gasteiger partial charge in [0.05, 0.1) is 0 Å². The minimum Gasteiger partial charge on any atom is -0.309 e. The molecule has 4 aromatic heterocycles. The van der Waals surface area contributed by atoms with Crippen LogP contribution in [0.5, 0.6) is 0 Å². The molecule has 0 atom stereocenters. The molecule has 0 fully saturated rings. The SMILES string of the molecule is c1ccc2c(c1)n1c[n+]2CCNCC[n+]2cn(c3ccccc32)CCn2c[n+](c3ccccc32)CCNCC[n+]2cn(c3ccccc32)CC1. The quantitative estimate of drug-likeness (QED) is 0.245. The van der Waals surface area contributed by atoms with Crippen LogP contribution >= 0.6 is 0 Å². The van der Waals surface area contributed by atoms with Gasteiger partial charge in [0.2, 0.25) is 25.3 Å². The van der Waals surface area contributed by atoms with Crippen LogP contribution in [0.1, 0.15) is 0 Å². The number of rotatable bonds is 0. The minimum atomic E-state index is 0.906. The largest absolute Gasteiger partial charge is 0.309 e. The first kappa shape index (κ1) is 30.7. The predicted molar refractivity (Wildman–Crippen MR) is 194 cm³/mol. The lowest BCUT2D eigenvalue weighted by Gasteiger charge is -2.02. The van der Waals surface area contributed by atoms with E-state index in [9.17, 15) is 0 Å². The van der Waals surface area contributed by atoms with Gasteiger partial charge in [0.25, 0.3) is 0 Å². The van der Waals surface area contributed by atoms with Crippen molar-refractivity contribution in [3.63, 3.8) is 0 Å². The molecule has 1 aliphatic heterocycles. The first-order valence-electron chi connectivity index (χ1n) is 18.1. The Kier molecular flexibility index (Phi) is 8.31. The molecule has 9 rings (SSSR count). The summed E-state index contributed by atoms with van der Waals surface area (Å²) in [4.78, 5) is 0. The molecule has 50 heavy (non-hydrogen) atoms. The Morgan fingerprint density at radius 1 is 0.340 bits per heavy atom. The van der Waals surface area contributed by atoms with E-state index in [-0.39, 0.29) is 0 Å². The summed E-state index contributed by atoms with van der Waals surface area (Å²) in [6.45, 7) is 11.0. The normalized spacial score (nSPS) is 15.7. The molecule has 0 aliphatic carbocycles. The number of imidazole rings is 4. The van der Waals surface area contributed by atoms with Crippen LogP contribution in [0, 0.1) is 0 Å². The van der Waals surface area contributed by atoms with Crippen LogP contribution in [0.4, 0.5) is 0 Å². The van der Waals surface area contributed by atoms with Crippen molar-refractivity contribution in [3.8, 4) is 0 Å². The van der Waals surface area contributed by atoms with E-state index in [1.165, 1.54) is 44.1 Å². The maximum absolute atomic E-state index is 3.74. The second-order valence-corrected chi connectivity index (χ2v) is 13.5. The highest BCUT2D eigenvalue weighted by molar-refractivity contribution is 5.73. The van der Waals surface area contributed by atoms with E-state index in [0.29, 0.717) is 0 Å². The maximum Gasteiger partial charge on any atom is 0.244 e. The highest BCUT2D eigenvalue weighted by Gasteiger charge is 2.21. The lowest BCUT2D eigenvalue weighted by atomic mass is 10.3. The first-order chi connectivity index (χ1) is 24.8. The Balaban J connectivity index is 1.01. The molecule has 0 saturated carbocycles. The minimum absolute atomic E-state index is 0.906. The lowest BCUT2D eigenvalue weighted by Crippen LogP contribution is -2.42. The van der Waals surface area contributed by atoms with Crippen molar-refractivity contribution in [1.29, 1.82) is 0 Å². The van der Waals surface area contributed by atoms with Crippen LogP contribution in [0.15, 0.2) is 122 Å². The first-order valence-corrected chi connectivity index (χ1v) is 18.1. The number of hydrogen-bond acceptors (Lipinski definition) is 2. The van der Waals surface area contributed by atoms with Crippen molar-refractivity contribution in [2.24, 2.45) is 0 Å². The Bertz CT molecular complexity index is 2090. The van der Waals surface area contributed by atoms with Crippen molar-refractivity contribution in [1.82, 2.24) is 28.9 Å². The van der Waals surface area contributed by atoms with E-state index < -0.39 is 0 Å². The van der Waals surface area contributed by atoms with E-state index in [1.54, 1.807) is 0 Å². The second kappa shape index (κ2) is 13.5. The molecule has 1 aliphatic rings. The molecule has 8 bridgehead atoms. The van der Waals surface area contributed by atoms with Crippen LogP contribution < -0.4 is 28.9 Å². The number of aryl methyl sites for hydroxylation is 4. The highest BCUT2D eigenvalue weighted by Crippen LogP contribution is 2.16. The number of para-hydroxylation sites is 8. The van der Waals surface area contributed by atoms with Crippen LogP contribution in [0.2, 0.25) is 0 Å². The number of nitrogens with one attached hydrogen (secondary N) is 2. The number of benzene rings is 4.